The fraction of sp³-hybridized carbons (Fsp3) is 0.600. The van der Waals surface area contributed by atoms with Crippen LogP contribution in [-0.4, -0.2) is 60.8 Å². The molecule has 3 heterocycles. The van der Waals surface area contributed by atoms with Gasteiger partial charge in [-0.15, -0.1) is 0 Å². The summed E-state index contributed by atoms with van der Waals surface area (Å²) in [6.45, 7) is 6.89. The van der Waals surface area contributed by atoms with E-state index >= 15 is 0 Å². The first kappa shape index (κ1) is 28.4. The van der Waals surface area contributed by atoms with Crippen LogP contribution >= 0.6 is 0 Å². The molecule has 0 saturated heterocycles. The summed E-state index contributed by atoms with van der Waals surface area (Å²) in [7, 11) is 1.47. The largest absolute Gasteiger partial charge is 0.483 e. The highest BCUT2D eigenvalue weighted by Gasteiger charge is 2.46. The first-order valence-corrected chi connectivity index (χ1v) is 14.1. The third-order valence-corrected chi connectivity index (χ3v) is 7.88. The molecule has 1 spiro atoms. The van der Waals surface area contributed by atoms with Crippen molar-refractivity contribution in [1.29, 1.82) is 0 Å². The Kier molecular flexibility index (Phi) is 8.13. The number of benzene rings is 1. The number of hydrogen-bond donors (Lipinski definition) is 4. The smallest absolute Gasteiger partial charge is 0.246 e. The molecule has 1 saturated carbocycles. The maximum absolute atomic E-state index is 12.5. The number of nitrogens with two attached hydrogens (primary N) is 1. The van der Waals surface area contributed by atoms with Gasteiger partial charge in [0, 0.05) is 37.4 Å². The third kappa shape index (κ3) is 6.45. The molecule has 218 valence electrons. The standard InChI is InChI=1S/C30H42N4O6/c1-29(2,3)13-19-12-20-22(14-30(8-5-9-30)40-27(20)28(31)33-19)32-15-23(35)21(34-26(36)16-37-4)10-18-6-7-24-25(11-18)39-17-38-24/h6-7,11-12,21-23,32,35H,5,8-10,13-17H2,1-4H3,(H2,31,33)(H,34,36)/t21-,22-,23-/m0/s1. The highest BCUT2D eigenvalue weighted by Crippen LogP contribution is 2.50. The lowest BCUT2D eigenvalue weighted by Crippen LogP contribution is -2.52. The number of nitrogen functional groups attached to an aromatic ring is 1. The molecule has 5 N–H and O–H groups in total. The number of ether oxygens (including phenoxy) is 4. The van der Waals surface area contributed by atoms with Crippen LogP contribution in [0.2, 0.25) is 0 Å². The van der Waals surface area contributed by atoms with Crippen molar-refractivity contribution in [2.45, 2.75) is 83.1 Å². The fourth-order valence-corrected chi connectivity index (χ4v) is 5.82. The number of anilines is 1. The topological polar surface area (TPSA) is 137 Å². The minimum absolute atomic E-state index is 0.0554. The van der Waals surface area contributed by atoms with Crippen molar-refractivity contribution < 1.29 is 28.8 Å². The monoisotopic (exact) mass is 554 g/mol. The molecule has 10 heteroatoms. The molecule has 3 atom stereocenters. The van der Waals surface area contributed by atoms with Crippen molar-refractivity contribution in [3.8, 4) is 17.2 Å². The van der Waals surface area contributed by atoms with Gasteiger partial charge in [0.15, 0.2) is 23.1 Å². The Bertz CT molecular complexity index is 1230. The van der Waals surface area contributed by atoms with Crippen molar-refractivity contribution in [2.75, 3.05) is 32.8 Å². The van der Waals surface area contributed by atoms with Gasteiger partial charge < -0.3 is 40.4 Å². The average Bonchev–Trinajstić information content (AvgIpc) is 3.33. The summed E-state index contributed by atoms with van der Waals surface area (Å²) in [5, 5.41) is 17.9. The van der Waals surface area contributed by atoms with Gasteiger partial charge in [-0.05, 0) is 61.3 Å². The van der Waals surface area contributed by atoms with Gasteiger partial charge in [0.05, 0.1) is 12.1 Å². The van der Waals surface area contributed by atoms with Crippen molar-refractivity contribution in [2.24, 2.45) is 5.41 Å². The second-order valence-electron chi connectivity index (χ2n) is 12.5. The number of pyridine rings is 1. The number of hydrogen-bond acceptors (Lipinski definition) is 9. The summed E-state index contributed by atoms with van der Waals surface area (Å²) >= 11 is 0. The first-order valence-electron chi connectivity index (χ1n) is 14.1. The Labute approximate surface area is 235 Å². The van der Waals surface area contributed by atoms with Gasteiger partial charge in [0.25, 0.3) is 0 Å². The number of methoxy groups -OCH3 is 1. The molecule has 0 unspecified atom stereocenters. The van der Waals surface area contributed by atoms with E-state index in [1.165, 1.54) is 7.11 Å². The molecule has 2 aliphatic heterocycles. The normalized spacial score (nSPS) is 20.3. The molecule has 5 rings (SSSR count). The molecule has 1 aromatic heterocycles. The summed E-state index contributed by atoms with van der Waals surface area (Å²) < 4.78 is 22.4. The summed E-state index contributed by atoms with van der Waals surface area (Å²) in [6.07, 6.45) is 4.16. The predicted molar refractivity (Wildman–Crippen MR) is 150 cm³/mol. The fourth-order valence-electron chi connectivity index (χ4n) is 5.82. The molecule has 1 aromatic carbocycles. The van der Waals surface area contributed by atoms with Gasteiger partial charge in [0.1, 0.15) is 12.2 Å². The number of nitrogens with zero attached hydrogens (tertiary/aromatic N) is 1. The molecular formula is C30H42N4O6. The van der Waals surface area contributed by atoms with Gasteiger partial charge in [-0.3, -0.25) is 4.79 Å². The predicted octanol–water partition coefficient (Wildman–Crippen LogP) is 3.05. The van der Waals surface area contributed by atoms with E-state index in [-0.39, 0.29) is 42.9 Å². The second-order valence-corrected chi connectivity index (χ2v) is 12.5. The number of carbonyl (C=O) groups is 1. The highest BCUT2D eigenvalue weighted by molar-refractivity contribution is 5.77. The average molecular weight is 555 g/mol. The van der Waals surface area contributed by atoms with Gasteiger partial charge in [-0.25, -0.2) is 4.98 Å². The lowest BCUT2D eigenvalue weighted by Gasteiger charge is -2.48. The van der Waals surface area contributed by atoms with Crippen molar-refractivity contribution in [3.63, 3.8) is 0 Å². The quantitative estimate of drug-likeness (QED) is 0.349. The van der Waals surface area contributed by atoms with E-state index in [9.17, 15) is 9.90 Å². The van der Waals surface area contributed by atoms with E-state index in [0.717, 1.165) is 48.9 Å². The summed E-state index contributed by atoms with van der Waals surface area (Å²) in [6, 6.07) is 7.14. The van der Waals surface area contributed by atoms with Gasteiger partial charge in [0.2, 0.25) is 12.7 Å². The molecule has 1 aliphatic carbocycles. The number of amides is 1. The van der Waals surface area contributed by atoms with Crippen LogP contribution in [0, 0.1) is 5.41 Å². The number of carbonyl (C=O) groups excluding carboxylic acids is 1. The van der Waals surface area contributed by atoms with Crippen LogP contribution < -0.4 is 30.6 Å². The zero-order valence-corrected chi connectivity index (χ0v) is 23.9. The zero-order valence-electron chi connectivity index (χ0n) is 23.9. The SMILES string of the molecule is COCC(=O)N[C@@H](Cc1ccc2c(c1)OCO2)[C@@H](O)CN[C@H]1CC2(CCC2)Oc2c1cc(CC(C)(C)C)nc2N. The Balaban J connectivity index is 1.34. The number of aliphatic hydroxyl groups excluding tert-OH is 1. The summed E-state index contributed by atoms with van der Waals surface area (Å²) in [5.74, 6) is 2.13. The molecule has 3 aliphatic rings. The van der Waals surface area contributed by atoms with Crippen molar-refractivity contribution in [1.82, 2.24) is 15.6 Å². The highest BCUT2D eigenvalue weighted by atomic mass is 16.7. The lowest BCUT2D eigenvalue weighted by molar-refractivity contribution is -0.126. The van der Waals surface area contributed by atoms with E-state index in [1.54, 1.807) is 0 Å². The van der Waals surface area contributed by atoms with Crippen LogP contribution in [0.25, 0.3) is 0 Å². The van der Waals surface area contributed by atoms with E-state index in [2.05, 4.69) is 42.5 Å². The van der Waals surface area contributed by atoms with E-state index in [0.29, 0.717) is 29.5 Å². The van der Waals surface area contributed by atoms with Crippen molar-refractivity contribution in [3.05, 3.63) is 41.1 Å². The number of aromatic nitrogens is 1. The van der Waals surface area contributed by atoms with Crippen molar-refractivity contribution >= 4 is 11.7 Å². The minimum Gasteiger partial charge on any atom is -0.483 e. The second kappa shape index (κ2) is 11.4. The third-order valence-electron chi connectivity index (χ3n) is 7.88. The first-order chi connectivity index (χ1) is 19.0. The van der Waals surface area contributed by atoms with E-state index in [4.69, 9.17) is 24.7 Å². The molecular weight excluding hydrogens is 512 g/mol. The lowest BCUT2D eigenvalue weighted by atomic mass is 9.72. The summed E-state index contributed by atoms with van der Waals surface area (Å²) in [4.78, 5) is 17.1. The van der Waals surface area contributed by atoms with Crippen LogP contribution in [0.3, 0.4) is 0 Å². The molecule has 1 fully saturated rings. The number of rotatable bonds is 10. The van der Waals surface area contributed by atoms with Gasteiger partial charge >= 0.3 is 0 Å². The molecule has 0 bridgehead atoms. The zero-order chi connectivity index (χ0) is 28.5. The van der Waals surface area contributed by atoms with Crippen LogP contribution in [0.4, 0.5) is 5.82 Å². The minimum atomic E-state index is -0.872. The Morgan fingerprint density at radius 2 is 2.02 bits per heavy atom. The van der Waals surface area contributed by atoms with Crippen LogP contribution in [0.5, 0.6) is 17.2 Å². The Hall–Kier alpha value is -3.08. The molecule has 0 radical (unpaired) electrons. The maximum Gasteiger partial charge on any atom is 0.246 e. The van der Waals surface area contributed by atoms with E-state index in [1.807, 2.05) is 18.2 Å². The van der Waals surface area contributed by atoms with Crippen LogP contribution in [0.15, 0.2) is 24.3 Å². The number of nitrogens with one attached hydrogen (secondary N) is 2. The van der Waals surface area contributed by atoms with Crippen LogP contribution in [0.1, 0.15) is 69.3 Å². The molecule has 1 amide bonds. The molecule has 10 nitrogen and oxygen atoms in total. The Morgan fingerprint density at radius 3 is 2.73 bits per heavy atom. The van der Waals surface area contributed by atoms with Gasteiger partial charge in [-0.1, -0.05) is 26.8 Å². The van der Waals surface area contributed by atoms with Crippen LogP contribution in [-0.2, 0) is 22.4 Å². The Morgan fingerprint density at radius 1 is 1.25 bits per heavy atom. The molecule has 2 aromatic rings. The van der Waals surface area contributed by atoms with Gasteiger partial charge in [-0.2, -0.15) is 0 Å². The molecule has 40 heavy (non-hydrogen) atoms. The number of aliphatic hydroxyl groups is 1. The maximum atomic E-state index is 12.5. The summed E-state index contributed by atoms with van der Waals surface area (Å²) in [5.41, 5.74) is 9.07. The van der Waals surface area contributed by atoms with E-state index < -0.39 is 12.1 Å². The number of fused-ring (bicyclic) bond motifs is 2.